The first-order chi connectivity index (χ1) is 19.7. The van der Waals surface area contributed by atoms with Crippen LogP contribution in [0.2, 0.25) is 0 Å². The molecule has 1 aliphatic rings. The van der Waals surface area contributed by atoms with Gasteiger partial charge in [-0.3, -0.25) is 4.79 Å². The van der Waals surface area contributed by atoms with Crippen LogP contribution in [0.25, 0.3) is 0 Å². The minimum Gasteiger partial charge on any atom is -0.389 e. The van der Waals surface area contributed by atoms with Gasteiger partial charge in [-0.15, -0.1) is 0 Å². The van der Waals surface area contributed by atoms with Gasteiger partial charge in [-0.05, 0) is 74.3 Å². The summed E-state index contributed by atoms with van der Waals surface area (Å²) in [6.07, 6.45) is 5.96. The van der Waals surface area contributed by atoms with Gasteiger partial charge < -0.3 is 14.9 Å². The van der Waals surface area contributed by atoms with E-state index in [2.05, 4.69) is 6.58 Å². The van der Waals surface area contributed by atoms with E-state index in [0.717, 1.165) is 6.26 Å². The van der Waals surface area contributed by atoms with Crippen molar-refractivity contribution in [3.8, 4) is 0 Å². The largest absolute Gasteiger partial charge is 0.393 e. The smallest absolute Gasteiger partial charge is 0.389 e. The third-order valence-electron chi connectivity index (χ3n) is 6.45. The molecule has 0 radical (unpaired) electrons. The number of aliphatic hydroxyl groups excluding tert-OH is 1. The maximum Gasteiger partial charge on any atom is 0.393 e. The molecule has 1 aromatic carbocycles. The molecule has 0 aromatic heterocycles. The summed E-state index contributed by atoms with van der Waals surface area (Å²) in [6, 6.07) is 4.59. The molecule has 0 saturated carbocycles. The summed E-state index contributed by atoms with van der Waals surface area (Å²) in [6.45, 7) is 7.87. The number of rotatable bonds is 11. The topological polar surface area (TPSA) is 77.9 Å². The normalized spacial score (nSPS) is 17.2. The Morgan fingerprint density at radius 3 is 2.48 bits per heavy atom. The molecule has 1 N–H and O–H groups in total. The summed E-state index contributed by atoms with van der Waals surface area (Å²) >= 11 is 0. The molecule has 0 bridgehead atoms. The summed E-state index contributed by atoms with van der Waals surface area (Å²) in [5.41, 5.74) is 0.873. The van der Waals surface area contributed by atoms with E-state index >= 15 is 0 Å². The molecule has 1 atom stereocenters. The Balaban J connectivity index is 2.35. The fraction of sp³-hybridized carbons (Fsp3) is 0.387. The van der Waals surface area contributed by atoms with Crippen molar-refractivity contribution in [2.24, 2.45) is 0 Å². The van der Waals surface area contributed by atoms with Crippen molar-refractivity contribution in [1.82, 2.24) is 4.90 Å². The number of hydrogen-bond donors (Lipinski definition) is 1. The third-order valence-corrected chi connectivity index (χ3v) is 7.56. The summed E-state index contributed by atoms with van der Waals surface area (Å²) in [5, 5.41) is 9.96. The molecule has 42 heavy (non-hydrogen) atoms. The van der Waals surface area contributed by atoms with Gasteiger partial charge in [0, 0.05) is 43.7 Å². The highest BCUT2D eigenvalue weighted by Crippen LogP contribution is 2.30. The monoisotopic (exact) mass is 610 g/mol. The lowest BCUT2D eigenvalue weighted by Gasteiger charge is -2.26. The Labute approximate surface area is 245 Å². The number of hydrogen-bond acceptors (Lipinski definition) is 5. The number of carbonyl (C=O) groups excluding carboxylic acids is 1. The van der Waals surface area contributed by atoms with Gasteiger partial charge in [0.1, 0.15) is 5.83 Å². The van der Waals surface area contributed by atoms with Gasteiger partial charge in [0.25, 0.3) is 5.91 Å². The maximum atomic E-state index is 13.7. The molecule has 230 valence electrons. The molecule has 1 heterocycles. The van der Waals surface area contributed by atoms with Crippen molar-refractivity contribution >= 4 is 21.4 Å². The van der Waals surface area contributed by atoms with Crippen LogP contribution >= 0.6 is 0 Å². The highest BCUT2D eigenvalue weighted by Gasteiger charge is 2.30. The van der Waals surface area contributed by atoms with E-state index < -0.39 is 40.3 Å². The van der Waals surface area contributed by atoms with Crippen LogP contribution in [0.15, 0.2) is 89.7 Å². The first-order valence-electron chi connectivity index (χ1n) is 13.5. The van der Waals surface area contributed by atoms with Crippen LogP contribution in [-0.2, 0) is 21.1 Å². The predicted octanol–water partition coefficient (Wildman–Crippen LogP) is 6.30. The van der Waals surface area contributed by atoms with Crippen molar-refractivity contribution in [2.45, 2.75) is 45.4 Å². The van der Waals surface area contributed by atoms with Crippen LogP contribution in [0.1, 0.15) is 43.9 Å². The molecular formula is C31H38F4N2O4S. The second-order valence-electron chi connectivity index (χ2n) is 9.89. The molecule has 6 nitrogen and oxygen atoms in total. The molecule has 1 aliphatic heterocycles. The zero-order valence-electron chi connectivity index (χ0n) is 24.1. The minimum absolute atomic E-state index is 0.00718. The van der Waals surface area contributed by atoms with Crippen LogP contribution in [0.3, 0.4) is 0 Å². The molecular weight excluding hydrogens is 572 g/mol. The van der Waals surface area contributed by atoms with Crippen molar-refractivity contribution in [1.29, 1.82) is 0 Å². The maximum absolute atomic E-state index is 13.7. The number of aliphatic hydroxyl groups is 1. The summed E-state index contributed by atoms with van der Waals surface area (Å²) in [7, 11) is -3.66. The van der Waals surface area contributed by atoms with Gasteiger partial charge in [-0.2, -0.15) is 13.2 Å². The van der Waals surface area contributed by atoms with Gasteiger partial charge in [0.05, 0.1) is 17.4 Å². The lowest BCUT2D eigenvalue weighted by Crippen LogP contribution is -2.36. The summed E-state index contributed by atoms with van der Waals surface area (Å²) in [4.78, 5) is 17.0. The van der Waals surface area contributed by atoms with Crippen LogP contribution in [0.5, 0.6) is 0 Å². The van der Waals surface area contributed by atoms with Crippen LogP contribution in [0.4, 0.5) is 23.2 Å². The van der Waals surface area contributed by atoms with E-state index in [-0.39, 0.29) is 34.6 Å². The second-order valence-corrected chi connectivity index (χ2v) is 11.9. The van der Waals surface area contributed by atoms with E-state index in [1.54, 1.807) is 24.0 Å². The van der Waals surface area contributed by atoms with Crippen LogP contribution in [0, 0.1) is 0 Å². The zero-order valence-corrected chi connectivity index (χ0v) is 24.9. The third kappa shape index (κ3) is 11.1. The number of alkyl halides is 3. The highest BCUT2D eigenvalue weighted by molar-refractivity contribution is 7.94. The van der Waals surface area contributed by atoms with Crippen molar-refractivity contribution < 1.29 is 35.9 Å². The molecule has 2 rings (SSSR count). The second kappa shape index (κ2) is 15.7. The Bertz CT molecular complexity index is 1370. The lowest BCUT2D eigenvalue weighted by atomic mass is 9.99. The first-order valence-corrected chi connectivity index (χ1v) is 15.4. The van der Waals surface area contributed by atoms with E-state index in [9.17, 15) is 35.9 Å². The first kappa shape index (κ1) is 34.8. The van der Waals surface area contributed by atoms with E-state index in [0.29, 0.717) is 31.7 Å². The fourth-order valence-corrected chi connectivity index (χ4v) is 5.20. The number of amides is 1. The van der Waals surface area contributed by atoms with Crippen LogP contribution in [-0.4, -0.2) is 62.9 Å². The molecule has 1 unspecified atom stereocenters. The number of halogens is 4. The quantitative estimate of drug-likeness (QED) is 0.181. The van der Waals surface area contributed by atoms with Gasteiger partial charge in [-0.25, -0.2) is 12.8 Å². The van der Waals surface area contributed by atoms with Gasteiger partial charge in [0.2, 0.25) is 0 Å². The zero-order chi connectivity index (χ0) is 31.5. The number of carbonyl (C=O) groups is 1. The molecule has 1 amide bonds. The van der Waals surface area contributed by atoms with E-state index in [1.807, 2.05) is 4.90 Å². The highest BCUT2D eigenvalue weighted by atomic mass is 32.2. The minimum atomic E-state index is -4.44. The standard InChI is InChI=1S/C31H38F4N2O4S/c1-5-10-26(32)13-8-7-12-24(21-28(11-6-2)42(4,40)41)30(39)37-17-9-16-36(18-19-37)27-14-15-29(23(3)38)25(20-27)22-31(33,34)35/h5-6,8,10-15,20-21,23,38H,1,7,9,16-19,22H2,2-4H3/b11-6-,13-8-,24-12-,26-10+,28-21+. The molecule has 1 fully saturated rings. The summed E-state index contributed by atoms with van der Waals surface area (Å²) in [5.74, 6) is -0.944. The average Bonchev–Trinajstić information content (AvgIpc) is 3.14. The predicted molar refractivity (Wildman–Crippen MR) is 159 cm³/mol. The number of sulfone groups is 1. The summed E-state index contributed by atoms with van der Waals surface area (Å²) < 4.78 is 78.0. The van der Waals surface area contributed by atoms with Gasteiger partial charge in [0.15, 0.2) is 9.84 Å². The molecule has 0 spiro atoms. The fourth-order valence-electron chi connectivity index (χ4n) is 4.47. The van der Waals surface area contributed by atoms with Crippen molar-refractivity contribution in [3.63, 3.8) is 0 Å². The van der Waals surface area contributed by atoms with E-state index in [1.165, 1.54) is 61.6 Å². The Morgan fingerprint density at radius 1 is 1.17 bits per heavy atom. The Hall–Kier alpha value is -3.44. The molecule has 1 saturated heterocycles. The SMILES string of the molecule is C=C/C=C(F)\C=C/C/C=C(/C=C(\C=C/C)S(C)(=O)=O)C(=O)N1CCCN(c2ccc(C(C)O)c(CC(F)(F)F)c2)CC1. The Morgan fingerprint density at radius 2 is 1.88 bits per heavy atom. The number of benzene rings is 1. The average molecular weight is 611 g/mol. The van der Waals surface area contributed by atoms with E-state index in [4.69, 9.17) is 0 Å². The number of anilines is 1. The number of allylic oxidation sites excluding steroid dienone is 8. The molecule has 0 aliphatic carbocycles. The lowest BCUT2D eigenvalue weighted by molar-refractivity contribution is -0.128. The van der Waals surface area contributed by atoms with Crippen LogP contribution < -0.4 is 4.90 Å². The Kier molecular flexibility index (Phi) is 13.0. The molecule has 1 aromatic rings. The van der Waals surface area contributed by atoms with Crippen molar-refractivity contribution in [3.05, 3.63) is 101 Å². The van der Waals surface area contributed by atoms with Gasteiger partial charge in [-0.1, -0.05) is 36.9 Å². The van der Waals surface area contributed by atoms with Crippen molar-refractivity contribution in [2.75, 3.05) is 37.3 Å². The van der Waals surface area contributed by atoms with Gasteiger partial charge >= 0.3 is 6.18 Å². The molecule has 11 heteroatoms. The number of nitrogens with zero attached hydrogens (tertiary/aromatic N) is 2.